The number of hydrogen-bond acceptors (Lipinski definition) is 6. The van der Waals surface area contributed by atoms with Gasteiger partial charge in [0.25, 0.3) is 5.91 Å². The molecular weight excluding hydrogens is 310 g/mol. The number of pyridine rings is 1. The van der Waals surface area contributed by atoms with Gasteiger partial charge in [-0.3, -0.25) is 4.79 Å². The van der Waals surface area contributed by atoms with Gasteiger partial charge in [-0.2, -0.15) is 0 Å². The molecule has 1 aliphatic heterocycles. The molecule has 2 aromatic heterocycles. The van der Waals surface area contributed by atoms with Gasteiger partial charge in [-0.25, -0.2) is 13.4 Å². The molecule has 1 saturated heterocycles. The molecule has 6 nitrogen and oxygen atoms in total. The van der Waals surface area contributed by atoms with Gasteiger partial charge in [0.15, 0.2) is 9.84 Å². The van der Waals surface area contributed by atoms with Crippen molar-refractivity contribution in [2.75, 3.05) is 30.3 Å². The number of fused-ring (bicyclic) bond motifs is 1. The van der Waals surface area contributed by atoms with E-state index in [0.717, 1.165) is 15.8 Å². The molecule has 0 spiro atoms. The highest BCUT2D eigenvalue weighted by Crippen LogP contribution is 2.35. The van der Waals surface area contributed by atoms with E-state index in [1.807, 2.05) is 13.0 Å². The van der Waals surface area contributed by atoms with Crippen molar-refractivity contribution >= 4 is 43.0 Å². The van der Waals surface area contributed by atoms with Crippen LogP contribution in [0.5, 0.6) is 0 Å². The van der Waals surface area contributed by atoms with Crippen LogP contribution in [0.2, 0.25) is 0 Å². The molecule has 21 heavy (non-hydrogen) atoms. The number of aryl methyl sites for hydroxylation is 1. The minimum atomic E-state index is -3.01. The highest BCUT2D eigenvalue weighted by molar-refractivity contribution is 7.91. The second-order valence-electron chi connectivity index (χ2n) is 5.10. The molecule has 3 rings (SSSR count). The average molecular weight is 325 g/mol. The number of amides is 1. The molecule has 0 saturated carbocycles. The summed E-state index contributed by atoms with van der Waals surface area (Å²) in [6, 6.07) is 1.85. The molecule has 0 unspecified atom stereocenters. The quantitative estimate of drug-likeness (QED) is 0.846. The van der Waals surface area contributed by atoms with Crippen LogP contribution in [0.1, 0.15) is 15.2 Å². The summed E-state index contributed by atoms with van der Waals surface area (Å²) in [7, 11) is -3.01. The highest BCUT2D eigenvalue weighted by atomic mass is 32.2. The van der Waals surface area contributed by atoms with Gasteiger partial charge < -0.3 is 10.6 Å². The predicted octanol–water partition coefficient (Wildman–Crippen LogP) is 1.06. The number of nitrogen functional groups attached to an aromatic ring is 1. The summed E-state index contributed by atoms with van der Waals surface area (Å²) in [5, 5.41) is 0.815. The Morgan fingerprint density at radius 1 is 1.38 bits per heavy atom. The molecule has 2 N–H and O–H groups in total. The monoisotopic (exact) mass is 325 g/mol. The number of nitrogens with zero attached hydrogens (tertiary/aromatic N) is 2. The van der Waals surface area contributed by atoms with Crippen LogP contribution in [0, 0.1) is 6.92 Å². The third-order valence-corrected chi connectivity index (χ3v) is 6.37. The molecule has 0 bridgehead atoms. The number of hydrogen-bond donors (Lipinski definition) is 1. The normalized spacial score (nSPS) is 18.0. The lowest BCUT2D eigenvalue weighted by Crippen LogP contribution is -2.43. The molecule has 112 valence electrons. The number of nitrogens with two attached hydrogens (primary N) is 1. The van der Waals surface area contributed by atoms with Crippen molar-refractivity contribution in [3.8, 4) is 0 Å². The molecule has 0 aromatic carbocycles. The highest BCUT2D eigenvalue weighted by Gasteiger charge is 2.28. The fourth-order valence-electron chi connectivity index (χ4n) is 2.42. The van der Waals surface area contributed by atoms with E-state index in [1.165, 1.54) is 11.3 Å². The Bertz CT molecular complexity index is 813. The second kappa shape index (κ2) is 4.96. The van der Waals surface area contributed by atoms with Gasteiger partial charge in [0.2, 0.25) is 0 Å². The maximum atomic E-state index is 12.5. The van der Waals surface area contributed by atoms with Gasteiger partial charge >= 0.3 is 0 Å². The van der Waals surface area contributed by atoms with Gasteiger partial charge in [-0.05, 0) is 18.6 Å². The third kappa shape index (κ3) is 2.49. The number of carbonyl (C=O) groups excluding carboxylic acids is 1. The number of aromatic nitrogens is 1. The first-order valence-corrected chi connectivity index (χ1v) is 9.16. The lowest BCUT2D eigenvalue weighted by Gasteiger charge is -2.26. The summed E-state index contributed by atoms with van der Waals surface area (Å²) < 4.78 is 22.9. The van der Waals surface area contributed by atoms with Gasteiger partial charge in [0.1, 0.15) is 9.71 Å². The number of thiophene rings is 1. The van der Waals surface area contributed by atoms with E-state index >= 15 is 0 Å². The summed E-state index contributed by atoms with van der Waals surface area (Å²) in [6.07, 6.45) is 1.69. The van der Waals surface area contributed by atoms with Crippen LogP contribution < -0.4 is 5.73 Å². The summed E-state index contributed by atoms with van der Waals surface area (Å²) in [4.78, 5) is 19.5. The third-order valence-electron chi connectivity index (χ3n) is 3.66. The maximum absolute atomic E-state index is 12.5. The molecule has 3 heterocycles. The van der Waals surface area contributed by atoms with E-state index in [4.69, 9.17) is 5.73 Å². The molecule has 1 amide bonds. The predicted molar refractivity (Wildman–Crippen MR) is 83.3 cm³/mol. The van der Waals surface area contributed by atoms with Crippen LogP contribution in [0.15, 0.2) is 12.3 Å². The Kier molecular flexibility index (Phi) is 3.37. The summed E-state index contributed by atoms with van der Waals surface area (Å²) in [5.41, 5.74) is 7.53. The lowest BCUT2D eigenvalue weighted by molar-refractivity contribution is 0.0776. The average Bonchev–Trinajstić information content (AvgIpc) is 2.77. The van der Waals surface area contributed by atoms with Crippen LogP contribution in [0.4, 0.5) is 5.69 Å². The fraction of sp³-hybridized carbons (Fsp3) is 0.385. The van der Waals surface area contributed by atoms with E-state index in [9.17, 15) is 13.2 Å². The maximum Gasteiger partial charge on any atom is 0.266 e. The van der Waals surface area contributed by atoms with Crippen LogP contribution in [-0.2, 0) is 9.84 Å². The fourth-order valence-corrected chi connectivity index (χ4v) is 4.73. The molecule has 1 aliphatic rings. The molecular formula is C13H15N3O3S2. The van der Waals surface area contributed by atoms with Crippen LogP contribution in [0.3, 0.4) is 0 Å². The lowest BCUT2D eigenvalue weighted by atomic mass is 10.1. The zero-order valence-electron chi connectivity index (χ0n) is 11.5. The van der Waals surface area contributed by atoms with Crippen molar-refractivity contribution in [2.45, 2.75) is 6.92 Å². The Morgan fingerprint density at radius 3 is 2.67 bits per heavy atom. The first kappa shape index (κ1) is 14.3. The Balaban J connectivity index is 1.96. The van der Waals surface area contributed by atoms with Gasteiger partial charge in [0, 0.05) is 24.7 Å². The van der Waals surface area contributed by atoms with Gasteiger partial charge in [-0.15, -0.1) is 11.3 Å². The molecule has 2 aromatic rings. The van der Waals surface area contributed by atoms with Crippen LogP contribution in [0.25, 0.3) is 10.2 Å². The van der Waals surface area contributed by atoms with E-state index in [2.05, 4.69) is 4.98 Å². The Hall–Kier alpha value is -1.67. The van der Waals surface area contributed by atoms with E-state index in [0.29, 0.717) is 10.6 Å². The molecule has 1 fully saturated rings. The SMILES string of the molecule is Cc1ccnc2sc(C(=O)N3CCS(=O)(=O)CC3)c(N)c12. The van der Waals surface area contributed by atoms with Crippen molar-refractivity contribution in [1.29, 1.82) is 0 Å². The van der Waals surface area contributed by atoms with Crippen molar-refractivity contribution in [3.63, 3.8) is 0 Å². The summed E-state index contributed by atoms with van der Waals surface area (Å²) >= 11 is 1.26. The zero-order valence-corrected chi connectivity index (χ0v) is 13.1. The van der Waals surface area contributed by atoms with E-state index in [-0.39, 0.29) is 30.5 Å². The topological polar surface area (TPSA) is 93.4 Å². The van der Waals surface area contributed by atoms with Crippen molar-refractivity contribution in [3.05, 3.63) is 22.7 Å². The van der Waals surface area contributed by atoms with Crippen LogP contribution in [-0.4, -0.2) is 48.8 Å². The van der Waals surface area contributed by atoms with Crippen molar-refractivity contribution < 1.29 is 13.2 Å². The summed E-state index contributed by atoms with van der Waals surface area (Å²) in [6.45, 7) is 2.37. The minimum Gasteiger partial charge on any atom is -0.397 e. The standard InChI is InChI=1S/C13H15N3O3S2/c1-8-2-3-15-12-9(8)10(14)11(20-12)13(17)16-4-6-21(18,19)7-5-16/h2-3H,4-7,14H2,1H3. The number of anilines is 1. The zero-order chi connectivity index (χ0) is 15.2. The number of rotatable bonds is 1. The molecule has 0 aliphatic carbocycles. The first-order chi connectivity index (χ1) is 9.89. The van der Waals surface area contributed by atoms with E-state index in [1.54, 1.807) is 11.1 Å². The Morgan fingerprint density at radius 2 is 2.05 bits per heavy atom. The van der Waals surface area contributed by atoms with Gasteiger partial charge in [-0.1, -0.05) is 0 Å². The molecule has 8 heteroatoms. The minimum absolute atomic E-state index is 0.0147. The second-order valence-corrected chi connectivity index (χ2v) is 8.40. The molecule has 0 radical (unpaired) electrons. The largest absolute Gasteiger partial charge is 0.397 e. The Labute approximate surface area is 126 Å². The summed E-state index contributed by atoms with van der Waals surface area (Å²) in [5.74, 6) is -0.174. The smallest absolute Gasteiger partial charge is 0.266 e. The van der Waals surface area contributed by atoms with Crippen LogP contribution >= 0.6 is 11.3 Å². The van der Waals surface area contributed by atoms with Gasteiger partial charge in [0.05, 0.1) is 17.2 Å². The first-order valence-electron chi connectivity index (χ1n) is 6.52. The molecule has 0 atom stereocenters. The van der Waals surface area contributed by atoms with E-state index < -0.39 is 9.84 Å². The van der Waals surface area contributed by atoms with Crippen molar-refractivity contribution in [1.82, 2.24) is 9.88 Å². The van der Waals surface area contributed by atoms with Crippen molar-refractivity contribution in [2.24, 2.45) is 0 Å². The number of sulfone groups is 1. The number of carbonyl (C=O) groups is 1.